The van der Waals surface area contributed by atoms with Crippen molar-refractivity contribution in [3.8, 4) is 0 Å². The number of anilines is 1. The van der Waals surface area contributed by atoms with Crippen molar-refractivity contribution in [3.05, 3.63) is 17.2 Å². The number of halogens is 1. The quantitative estimate of drug-likeness (QED) is 0.938. The summed E-state index contributed by atoms with van der Waals surface area (Å²) in [7, 11) is 0. The maximum atomic E-state index is 6.29. The Morgan fingerprint density at radius 2 is 2.37 bits per heavy atom. The normalized spacial score (nSPS) is 23.7. The first-order chi connectivity index (χ1) is 9.28. The van der Waals surface area contributed by atoms with Crippen LogP contribution >= 0.6 is 23.3 Å². The summed E-state index contributed by atoms with van der Waals surface area (Å²) in [4.78, 5) is 0. The highest BCUT2D eigenvalue weighted by molar-refractivity contribution is 7.00. The Bertz CT molecular complexity index is 574. The Kier molecular flexibility index (Phi) is 3.86. The van der Waals surface area contributed by atoms with Crippen molar-refractivity contribution >= 4 is 40.0 Å². The van der Waals surface area contributed by atoms with E-state index < -0.39 is 0 Å². The van der Waals surface area contributed by atoms with Crippen LogP contribution in [0.15, 0.2) is 12.1 Å². The molecule has 0 spiro atoms. The van der Waals surface area contributed by atoms with Gasteiger partial charge in [0.1, 0.15) is 11.0 Å². The molecule has 1 aromatic heterocycles. The molecule has 2 unspecified atom stereocenters. The fourth-order valence-corrected chi connectivity index (χ4v) is 3.21. The van der Waals surface area contributed by atoms with Gasteiger partial charge in [-0.05, 0) is 31.4 Å². The minimum absolute atomic E-state index is 0.345. The highest BCUT2D eigenvalue weighted by Gasteiger charge is 2.22. The van der Waals surface area contributed by atoms with Gasteiger partial charge in [0, 0.05) is 12.6 Å². The summed E-state index contributed by atoms with van der Waals surface area (Å²) >= 11 is 7.51. The van der Waals surface area contributed by atoms with Crippen LogP contribution in [-0.4, -0.2) is 27.5 Å². The number of nitrogens with zero attached hydrogens (tertiary/aromatic N) is 2. The number of ether oxygens (including phenoxy) is 1. The first kappa shape index (κ1) is 13.1. The van der Waals surface area contributed by atoms with Gasteiger partial charge in [0.15, 0.2) is 0 Å². The van der Waals surface area contributed by atoms with E-state index in [1.165, 1.54) is 11.7 Å². The lowest BCUT2D eigenvalue weighted by Gasteiger charge is -2.30. The molecule has 0 amide bonds. The Morgan fingerprint density at radius 1 is 1.47 bits per heavy atom. The molecule has 1 aliphatic heterocycles. The summed E-state index contributed by atoms with van der Waals surface area (Å²) in [5.41, 5.74) is 2.68. The van der Waals surface area contributed by atoms with Crippen LogP contribution in [0.3, 0.4) is 0 Å². The van der Waals surface area contributed by atoms with Gasteiger partial charge in [0.2, 0.25) is 0 Å². The average molecular weight is 298 g/mol. The Labute approximate surface area is 121 Å². The molecule has 1 N–H and O–H groups in total. The summed E-state index contributed by atoms with van der Waals surface area (Å²) in [6, 6.07) is 4.18. The Morgan fingerprint density at radius 3 is 3.21 bits per heavy atom. The Hall–Kier alpha value is -0.910. The maximum absolute atomic E-state index is 6.29. The number of benzene rings is 1. The van der Waals surface area contributed by atoms with E-state index in [2.05, 4.69) is 21.0 Å². The lowest BCUT2D eigenvalue weighted by atomic mass is 10.0. The second kappa shape index (κ2) is 5.61. The summed E-state index contributed by atoms with van der Waals surface area (Å²) < 4.78 is 14.3. The third kappa shape index (κ3) is 2.68. The van der Waals surface area contributed by atoms with Gasteiger partial charge in [-0.1, -0.05) is 18.5 Å². The van der Waals surface area contributed by atoms with Gasteiger partial charge in [0.05, 0.1) is 28.5 Å². The molecule has 1 saturated heterocycles. The van der Waals surface area contributed by atoms with Crippen molar-refractivity contribution in [2.75, 3.05) is 11.9 Å². The van der Waals surface area contributed by atoms with E-state index in [1.54, 1.807) is 0 Å². The molecule has 3 rings (SSSR count). The van der Waals surface area contributed by atoms with Gasteiger partial charge in [-0.15, -0.1) is 0 Å². The van der Waals surface area contributed by atoms with E-state index in [0.717, 1.165) is 42.6 Å². The molecule has 0 saturated carbocycles. The van der Waals surface area contributed by atoms with E-state index >= 15 is 0 Å². The molecule has 1 fully saturated rings. The van der Waals surface area contributed by atoms with Crippen molar-refractivity contribution in [1.29, 1.82) is 0 Å². The summed E-state index contributed by atoms with van der Waals surface area (Å²) in [6.45, 7) is 2.96. The number of hydrogen-bond donors (Lipinski definition) is 1. The molecule has 2 heterocycles. The van der Waals surface area contributed by atoms with Crippen LogP contribution in [0.25, 0.3) is 11.0 Å². The smallest absolute Gasteiger partial charge is 0.129 e. The first-order valence-corrected chi connectivity index (χ1v) is 7.67. The average Bonchev–Trinajstić information content (AvgIpc) is 2.91. The van der Waals surface area contributed by atoms with Crippen molar-refractivity contribution in [2.45, 2.75) is 38.3 Å². The van der Waals surface area contributed by atoms with Crippen molar-refractivity contribution in [1.82, 2.24) is 8.75 Å². The van der Waals surface area contributed by atoms with Crippen molar-refractivity contribution in [3.63, 3.8) is 0 Å². The molecular weight excluding hydrogens is 282 g/mol. The van der Waals surface area contributed by atoms with Gasteiger partial charge >= 0.3 is 0 Å². The highest BCUT2D eigenvalue weighted by atomic mass is 35.5. The predicted octanol–water partition coefficient (Wildman–Crippen LogP) is 3.71. The lowest BCUT2D eigenvalue weighted by molar-refractivity contribution is 0.00927. The van der Waals surface area contributed by atoms with Gasteiger partial charge in [0.25, 0.3) is 0 Å². The fraction of sp³-hybridized carbons (Fsp3) is 0.538. The van der Waals surface area contributed by atoms with Crippen molar-refractivity contribution in [2.24, 2.45) is 0 Å². The van der Waals surface area contributed by atoms with Crippen LogP contribution in [0.4, 0.5) is 5.69 Å². The summed E-state index contributed by atoms with van der Waals surface area (Å²) in [5.74, 6) is 0. The molecule has 102 valence electrons. The summed E-state index contributed by atoms with van der Waals surface area (Å²) in [5, 5.41) is 4.24. The fourth-order valence-electron chi connectivity index (χ4n) is 2.46. The molecule has 0 bridgehead atoms. The SMILES string of the molecule is CCC1CC(Nc2c(Cl)ccc3nsnc23)CCO1. The molecular formula is C13H16ClN3OS. The zero-order valence-corrected chi connectivity index (χ0v) is 12.3. The number of aromatic nitrogens is 2. The zero-order valence-electron chi connectivity index (χ0n) is 10.7. The number of fused-ring (bicyclic) bond motifs is 1. The van der Waals surface area contributed by atoms with Crippen LogP contribution in [0, 0.1) is 0 Å². The summed E-state index contributed by atoms with van der Waals surface area (Å²) in [6.07, 6.45) is 3.41. The largest absolute Gasteiger partial charge is 0.379 e. The lowest BCUT2D eigenvalue weighted by Crippen LogP contribution is -2.33. The van der Waals surface area contributed by atoms with Crippen LogP contribution in [-0.2, 0) is 4.74 Å². The van der Waals surface area contributed by atoms with Gasteiger partial charge in [-0.3, -0.25) is 0 Å². The highest BCUT2D eigenvalue weighted by Crippen LogP contribution is 2.32. The third-order valence-electron chi connectivity index (χ3n) is 3.55. The standard InChI is InChI=1S/C13H16ClN3OS/c1-2-9-7-8(5-6-18-9)15-12-10(14)3-4-11-13(12)17-19-16-11/h3-4,8-9,15H,2,5-7H2,1H3. The molecule has 0 radical (unpaired) electrons. The molecule has 19 heavy (non-hydrogen) atoms. The molecule has 2 atom stereocenters. The second-order valence-electron chi connectivity index (χ2n) is 4.82. The van der Waals surface area contributed by atoms with E-state index in [9.17, 15) is 0 Å². The van der Waals surface area contributed by atoms with Gasteiger partial charge in [-0.2, -0.15) is 8.75 Å². The van der Waals surface area contributed by atoms with Crippen LogP contribution < -0.4 is 5.32 Å². The van der Waals surface area contributed by atoms with Crippen LogP contribution in [0.5, 0.6) is 0 Å². The molecule has 0 aliphatic carbocycles. The third-order valence-corrected chi connectivity index (χ3v) is 4.41. The number of rotatable bonds is 3. The first-order valence-electron chi connectivity index (χ1n) is 6.57. The number of nitrogens with one attached hydrogen (secondary N) is 1. The second-order valence-corrected chi connectivity index (χ2v) is 5.76. The van der Waals surface area contributed by atoms with E-state index in [4.69, 9.17) is 16.3 Å². The minimum atomic E-state index is 0.345. The van der Waals surface area contributed by atoms with Gasteiger partial charge in [-0.25, -0.2) is 0 Å². The van der Waals surface area contributed by atoms with Crippen LogP contribution in [0.2, 0.25) is 5.02 Å². The zero-order chi connectivity index (χ0) is 13.2. The van der Waals surface area contributed by atoms with Crippen molar-refractivity contribution < 1.29 is 4.74 Å². The number of hydrogen-bond acceptors (Lipinski definition) is 5. The molecule has 4 nitrogen and oxygen atoms in total. The molecule has 6 heteroatoms. The predicted molar refractivity (Wildman–Crippen MR) is 79.1 cm³/mol. The Balaban J connectivity index is 1.84. The monoisotopic (exact) mass is 297 g/mol. The minimum Gasteiger partial charge on any atom is -0.379 e. The molecule has 1 aliphatic rings. The molecule has 1 aromatic carbocycles. The van der Waals surface area contributed by atoms with Crippen LogP contribution in [0.1, 0.15) is 26.2 Å². The van der Waals surface area contributed by atoms with E-state index in [0.29, 0.717) is 17.2 Å². The maximum Gasteiger partial charge on any atom is 0.129 e. The molecule has 2 aromatic rings. The van der Waals surface area contributed by atoms with Gasteiger partial charge < -0.3 is 10.1 Å². The van der Waals surface area contributed by atoms with E-state index in [1.807, 2.05) is 12.1 Å². The van der Waals surface area contributed by atoms with E-state index in [-0.39, 0.29) is 0 Å². The topological polar surface area (TPSA) is 47.0 Å².